The average molecular weight is 312 g/mol. The normalized spacial score (nSPS) is 10.8. The monoisotopic (exact) mass is 311 g/mol. The molecular formula is C14H18ClN3OS. The van der Waals surface area contributed by atoms with E-state index >= 15 is 0 Å². The van der Waals surface area contributed by atoms with Crippen molar-refractivity contribution in [1.82, 2.24) is 9.47 Å². The van der Waals surface area contributed by atoms with Crippen LogP contribution < -0.4 is 5.73 Å². The van der Waals surface area contributed by atoms with Crippen LogP contribution in [-0.4, -0.2) is 22.4 Å². The highest BCUT2D eigenvalue weighted by atomic mass is 35.5. The number of amides is 1. The third kappa shape index (κ3) is 3.35. The fraction of sp³-hybridized carbons (Fsp3) is 0.357. The van der Waals surface area contributed by atoms with Crippen LogP contribution >= 0.6 is 22.9 Å². The highest BCUT2D eigenvalue weighted by Gasteiger charge is 2.17. The van der Waals surface area contributed by atoms with Gasteiger partial charge in [0.1, 0.15) is 5.69 Å². The van der Waals surface area contributed by atoms with E-state index in [1.165, 1.54) is 11.3 Å². The molecule has 0 fully saturated rings. The lowest BCUT2D eigenvalue weighted by Crippen LogP contribution is -2.27. The maximum absolute atomic E-state index is 12.5. The molecule has 1 amide bonds. The minimum absolute atomic E-state index is 0.0281. The van der Waals surface area contributed by atoms with Crippen LogP contribution in [-0.2, 0) is 13.1 Å². The molecule has 0 saturated carbocycles. The number of hydrogen-bond donors (Lipinski definition) is 1. The van der Waals surface area contributed by atoms with Gasteiger partial charge in [0.15, 0.2) is 0 Å². The number of nitrogen functional groups attached to an aromatic ring is 1. The van der Waals surface area contributed by atoms with Crippen molar-refractivity contribution in [2.75, 3.05) is 12.8 Å². The smallest absolute Gasteiger partial charge is 0.270 e. The summed E-state index contributed by atoms with van der Waals surface area (Å²) < 4.78 is 2.65. The lowest BCUT2D eigenvalue weighted by Gasteiger charge is -2.17. The van der Waals surface area contributed by atoms with Gasteiger partial charge in [-0.05, 0) is 24.6 Å². The Morgan fingerprint density at radius 2 is 2.25 bits per heavy atom. The Morgan fingerprint density at radius 1 is 1.50 bits per heavy atom. The lowest BCUT2D eigenvalue weighted by atomic mass is 10.3. The standard InChI is InChI=1S/C14H18ClN3OS/c1-3-6-18-8-10(16)7-12(18)14(19)17(2)9-11-4-5-13(15)20-11/h4-5,7-8H,3,6,9,16H2,1-2H3. The van der Waals surface area contributed by atoms with Crippen LogP contribution in [0.2, 0.25) is 4.34 Å². The number of rotatable bonds is 5. The van der Waals surface area contributed by atoms with Crippen molar-refractivity contribution in [2.24, 2.45) is 0 Å². The van der Waals surface area contributed by atoms with E-state index in [9.17, 15) is 4.79 Å². The van der Waals surface area contributed by atoms with E-state index in [1.54, 1.807) is 18.0 Å². The maximum Gasteiger partial charge on any atom is 0.270 e. The summed E-state index contributed by atoms with van der Waals surface area (Å²) in [6.07, 6.45) is 2.77. The SMILES string of the molecule is CCCn1cc(N)cc1C(=O)N(C)Cc1ccc(Cl)s1. The van der Waals surface area contributed by atoms with Crippen LogP contribution in [0.1, 0.15) is 28.7 Å². The molecule has 4 nitrogen and oxygen atoms in total. The number of nitrogens with zero attached hydrogens (tertiary/aromatic N) is 2. The first kappa shape index (κ1) is 14.9. The molecule has 0 aliphatic carbocycles. The molecule has 2 N–H and O–H groups in total. The first-order chi connectivity index (χ1) is 9.51. The summed E-state index contributed by atoms with van der Waals surface area (Å²) in [5, 5.41) is 0. The second kappa shape index (κ2) is 6.33. The molecule has 108 valence electrons. The van der Waals surface area contributed by atoms with E-state index in [4.69, 9.17) is 17.3 Å². The molecule has 0 aliphatic rings. The van der Waals surface area contributed by atoms with Gasteiger partial charge < -0.3 is 15.2 Å². The molecule has 0 bridgehead atoms. The molecule has 0 saturated heterocycles. The maximum atomic E-state index is 12.5. The number of halogens is 1. The Labute approximate surface area is 127 Å². The third-order valence-corrected chi connectivity index (χ3v) is 4.19. The minimum Gasteiger partial charge on any atom is -0.397 e. The van der Waals surface area contributed by atoms with Gasteiger partial charge in [0.25, 0.3) is 5.91 Å². The molecule has 6 heteroatoms. The van der Waals surface area contributed by atoms with Gasteiger partial charge in [-0.15, -0.1) is 11.3 Å². The highest BCUT2D eigenvalue weighted by Crippen LogP contribution is 2.23. The van der Waals surface area contributed by atoms with Crippen molar-refractivity contribution in [3.05, 3.63) is 39.3 Å². The van der Waals surface area contributed by atoms with Gasteiger partial charge in [-0.25, -0.2) is 0 Å². The molecule has 0 radical (unpaired) electrons. The van der Waals surface area contributed by atoms with Crippen molar-refractivity contribution < 1.29 is 4.79 Å². The Kier molecular flexibility index (Phi) is 4.73. The van der Waals surface area contributed by atoms with Gasteiger partial charge in [-0.2, -0.15) is 0 Å². The molecule has 2 aromatic rings. The van der Waals surface area contributed by atoms with Crippen molar-refractivity contribution in [3.63, 3.8) is 0 Å². The van der Waals surface area contributed by atoms with Crippen LogP contribution in [0, 0.1) is 0 Å². The summed E-state index contributed by atoms with van der Waals surface area (Å²) in [5.74, 6) is -0.0281. The first-order valence-corrected chi connectivity index (χ1v) is 7.66. The van der Waals surface area contributed by atoms with Gasteiger partial charge in [0.2, 0.25) is 0 Å². The molecule has 0 spiro atoms. The Morgan fingerprint density at radius 3 is 2.85 bits per heavy atom. The average Bonchev–Trinajstić information content (AvgIpc) is 2.95. The van der Waals surface area contributed by atoms with Gasteiger partial charge in [0.05, 0.1) is 16.6 Å². The molecule has 0 atom stereocenters. The summed E-state index contributed by atoms with van der Waals surface area (Å²) >= 11 is 7.39. The molecule has 2 rings (SSSR count). The molecule has 0 aromatic carbocycles. The Hall–Kier alpha value is -1.46. The number of aromatic nitrogens is 1. The van der Waals surface area contributed by atoms with Crippen LogP contribution in [0.25, 0.3) is 0 Å². The minimum atomic E-state index is -0.0281. The number of aryl methyl sites for hydroxylation is 1. The van der Waals surface area contributed by atoms with E-state index in [0.717, 1.165) is 22.2 Å². The summed E-state index contributed by atoms with van der Waals surface area (Å²) in [6, 6.07) is 5.52. The predicted molar refractivity (Wildman–Crippen MR) is 84.3 cm³/mol. The number of nitrogens with two attached hydrogens (primary N) is 1. The molecule has 2 aromatic heterocycles. The number of hydrogen-bond acceptors (Lipinski definition) is 3. The Bertz CT molecular complexity index is 605. The highest BCUT2D eigenvalue weighted by molar-refractivity contribution is 7.16. The fourth-order valence-electron chi connectivity index (χ4n) is 2.08. The zero-order chi connectivity index (χ0) is 14.7. The zero-order valence-corrected chi connectivity index (χ0v) is 13.2. The fourth-order valence-corrected chi connectivity index (χ4v) is 3.22. The number of thiophene rings is 1. The second-order valence-corrected chi connectivity index (χ2v) is 6.52. The van der Waals surface area contributed by atoms with Crippen LogP contribution in [0.3, 0.4) is 0 Å². The molecule has 20 heavy (non-hydrogen) atoms. The molecule has 0 unspecified atom stereocenters. The lowest BCUT2D eigenvalue weighted by molar-refractivity contribution is 0.0775. The number of carbonyl (C=O) groups is 1. The summed E-state index contributed by atoms with van der Waals surface area (Å²) in [7, 11) is 1.79. The van der Waals surface area contributed by atoms with Crippen LogP contribution in [0.15, 0.2) is 24.4 Å². The van der Waals surface area contributed by atoms with Crippen molar-refractivity contribution in [1.29, 1.82) is 0 Å². The van der Waals surface area contributed by atoms with Crippen molar-refractivity contribution in [2.45, 2.75) is 26.4 Å². The number of carbonyl (C=O) groups excluding carboxylic acids is 1. The number of anilines is 1. The van der Waals surface area contributed by atoms with E-state index in [1.807, 2.05) is 22.9 Å². The van der Waals surface area contributed by atoms with Crippen molar-refractivity contribution >= 4 is 34.5 Å². The molecule has 2 heterocycles. The van der Waals surface area contributed by atoms with Crippen LogP contribution in [0.4, 0.5) is 5.69 Å². The molecule has 0 aliphatic heterocycles. The summed E-state index contributed by atoms with van der Waals surface area (Å²) in [5.41, 5.74) is 7.05. The topological polar surface area (TPSA) is 51.3 Å². The predicted octanol–water partition coefficient (Wildman–Crippen LogP) is 3.47. The zero-order valence-electron chi connectivity index (χ0n) is 11.6. The van der Waals surface area contributed by atoms with E-state index < -0.39 is 0 Å². The van der Waals surface area contributed by atoms with Gasteiger partial charge in [-0.3, -0.25) is 4.79 Å². The van der Waals surface area contributed by atoms with Crippen molar-refractivity contribution in [3.8, 4) is 0 Å². The third-order valence-electron chi connectivity index (χ3n) is 2.97. The van der Waals surface area contributed by atoms with E-state index in [0.29, 0.717) is 17.9 Å². The first-order valence-electron chi connectivity index (χ1n) is 6.46. The van der Waals surface area contributed by atoms with Gasteiger partial charge in [0, 0.05) is 24.7 Å². The second-order valence-electron chi connectivity index (χ2n) is 4.72. The van der Waals surface area contributed by atoms with Gasteiger partial charge in [-0.1, -0.05) is 18.5 Å². The quantitative estimate of drug-likeness (QED) is 0.919. The summed E-state index contributed by atoms with van der Waals surface area (Å²) in [6.45, 7) is 3.41. The molecular weight excluding hydrogens is 294 g/mol. The summed E-state index contributed by atoms with van der Waals surface area (Å²) in [4.78, 5) is 15.2. The van der Waals surface area contributed by atoms with Crippen LogP contribution in [0.5, 0.6) is 0 Å². The largest absolute Gasteiger partial charge is 0.397 e. The van der Waals surface area contributed by atoms with E-state index in [2.05, 4.69) is 6.92 Å². The van der Waals surface area contributed by atoms with Gasteiger partial charge >= 0.3 is 0 Å². The van der Waals surface area contributed by atoms with E-state index in [-0.39, 0.29) is 5.91 Å². The Balaban J connectivity index is 2.13.